The van der Waals surface area contributed by atoms with E-state index in [1.165, 1.54) is 24.3 Å². The van der Waals surface area contributed by atoms with Gasteiger partial charge in [-0.1, -0.05) is 60.7 Å². The number of aliphatic hydroxyl groups is 1. The van der Waals surface area contributed by atoms with Gasteiger partial charge in [-0.25, -0.2) is 4.79 Å². The number of hydrogen-bond donors (Lipinski definition) is 1. The number of hydrogen-bond acceptors (Lipinski definition) is 3. The molecule has 10 heteroatoms. The van der Waals surface area contributed by atoms with Gasteiger partial charge in [0.25, 0.3) is 0 Å². The van der Waals surface area contributed by atoms with E-state index in [2.05, 4.69) is 0 Å². The summed E-state index contributed by atoms with van der Waals surface area (Å²) in [5.74, 6) is -13.9. The standard InChI is InChI=1S/C21H19F7O3/c22-19(23,20(24,25)21(26,27)28)14-18(30,12-11-15-7-3-1-4-8-15)17(29)31-13-16-9-5-2-6-10-16/h1-10,30H,11-14H2. The van der Waals surface area contributed by atoms with Gasteiger partial charge < -0.3 is 9.84 Å². The van der Waals surface area contributed by atoms with Crippen LogP contribution in [0.4, 0.5) is 30.7 Å². The van der Waals surface area contributed by atoms with Crippen molar-refractivity contribution in [3.05, 3.63) is 71.8 Å². The number of halogens is 7. The SMILES string of the molecule is O=C(OCc1ccccc1)C(O)(CCc1ccccc1)CC(F)(F)C(F)(F)C(F)(F)F. The van der Waals surface area contributed by atoms with Crippen LogP contribution in [-0.4, -0.2) is 34.7 Å². The maximum Gasteiger partial charge on any atom is 0.459 e. The molecule has 3 nitrogen and oxygen atoms in total. The third-order valence-corrected chi connectivity index (χ3v) is 4.59. The Hall–Kier alpha value is -2.62. The van der Waals surface area contributed by atoms with Crippen LogP contribution in [0, 0.1) is 0 Å². The molecule has 0 saturated carbocycles. The summed E-state index contributed by atoms with van der Waals surface area (Å²) in [6.45, 7) is -0.492. The van der Waals surface area contributed by atoms with Crippen LogP contribution < -0.4 is 0 Å². The fraction of sp³-hybridized carbons (Fsp3) is 0.381. The second-order valence-corrected chi connectivity index (χ2v) is 7.03. The number of benzene rings is 2. The van der Waals surface area contributed by atoms with Crippen molar-refractivity contribution in [3.63, 3.8) is 0 Å². The zero-order valence-corrected chi connectivity index (χ0v) is 16.0. The van der Waals surface area contributed by atoms with E-state index in [1.54, 1.807) is 36.4 Å². The summed E-state index contributed by atoms with van der Waals surface area (Å²) in [4.78, 5) is 12.4. The maximum absolute atomic E-state index is 14.0. The Bertz CT molecular complexity index is 854. The number of aryl methyl sites for hydroxylation is 1. The van der Waals surface area contributed by atoms with Crippen molar-refractivity contribution in [3.8, 4) is 0 Å². The minimum Gasteiger partial charge on any atom is -0.459 e. The molecule has 0 aliphatic heterocycles. The molecule has 2 aromatic carbocycles. The first-order valence-electron chi connectivity index (χ1n) is 9.08. The van der Waals surface area contributed by atoms with Crippen molar-refractivity contribution >= 4 is 5.97 Å². The van der Waals surface area contributed by atoms with Crippen molar-refractivity contribution in [1.29, 1.82) is 0 Å². The molecule has 2 aromatic rings. The Balaban J connectivity index is 2.26. The first-order valence-corrected chi connectivity index (χ1v) is 9.08. The molecule has 0 fully saturated rings. The number of carbonyl (C=O) groups excluding carboxylic acids is 1. The van der Waals surface area contributed by atoms with Gasteiger partial charge in [-0.05, 0) is 24.0 Å². The van der Waals surface area contributed by atoms with Gasteiger partial charge in [-0.3, -0.25) is 0 Å². The quantitative estimate of drug-likeness (QED) is 0.414. The second-order valence-electron chi connectivity index (χ2n) is 7.03. The van der Waals surface area contributed by atoms with E-state index >= 15 is 0 Å². The van der Waals surface area contributed by atoms with E-state index in [9.17, 15) is 40.6 Å². The topological polar surface area (TPSA) is 46.5 Å². The Morgan fingerprint density at radius 2 is 1.29 bits per heavy atom. The molecule has 0 aliphatic rings. The van der Waals surface area contributed by atoms with Crippen molar-refractivity contribution in [1.82, 2.24) is 0 Å². The molecule has 1 atom stereocenters. The van der Waals surface area contributed by atoms with Crippen LogP contribution in [0.1, 0.15) is 24.0 Å². The van der Waals surface area contributed by atoms with Gasteiger partial charge >= 0.3 is 24.0 Å². The molecular formula is C21H19F7O3. The van der Waals surface area contributed by atoms with Crippen LogP contribution in [0.5, 0.6) is 0 Å². The first-order chi connectivity index (χ1) is 14.3. The van der Waals surface area contributed by atoms with Crippen molar-refractivity contribution in [2.45, 2.75) is 49.5 Å². The lowest BCUT2D eigenvalue weighted by Crippen LogP contribution is -2.57. The van der Waals surface area contributed by atoms with Crippen LogP contribution in [0.15, 0.2) is 60.7 Å². The molecule has 170 valence electrons. The molecule has 0 saturated heterocycles. The lowest BCUT2D eigenvalue weighted by Gasteiger charge is -2.34. The summed E-state index contributed by atoms with van der Waals surface area (Å²) >= 11 is 0. The molecule has 0 aliphatic carbocycles. The van der Waals surface area contributed by atoms with E-state index in [4.69, 9.17) is 4.74 Å². The largest absolute Gasteiger partial charge is 0.459 e. The number of esters is 1. The highest BCUT2D eigenvalue weighted by atomic mass is 19.4. The number of ether oxygens (including phenoxy) is 1. The summed E-state index contributed by atoms with van der Waals surface area (Å²) in [5, 5.41) is 10.5. The van der Waals surface area contributed by atoms with Gasteiger partial charge in [0.1, 0.15) is 6.61 Å². The van der Waals surface area contributed by atoms with E-state index in [0.29, 0.717) is 11.1 Å². The van der Waals surface area contributed by atoms with Gasteiger partial charge in [-0.2, -0.15) is 30.7 Å². The predicted molar refractivity (Wildman–Crippen MR) is 96.5 cm³/mol. The third kappa shape index (κ3) is 5.96. The van der Waals surface area contributed by atoms with E-state index in [0.717, 1.165) is 0 Å². The molecule has 31 heavy (non-hydrogen) atoms. The lowest BCUT2D eigenvalue weighted by molar-refractivity contribution is -0.360. The van der Waals surface area contributed by atoms with Crippen molar-refractivity contribution in [2.75, 3.05) is 0 Å². The van der Waals surface area contributed by atoms with Crippen molar-refractivity contribution in [2.24, 2.45) is 0 Å². The average Bonchev–Trinajstić information content (AvgIpc) is 2.70. The normalized spacial score (nSPS) is 14.7. The average molecular weight is 452 g/mol. The van der Waals surface area contributed by atoms with Gasteiger partial charge in [0.05, 0.1) is 6.42 Å². The smallest absolute Gasteiger partial charge is 0.459 e. The molecule has 0 bridgehead atoms. The summed E-state index contributed by atoms with van der Waals surface area (Å²) in [6.07, 6.45) is -10.1. The number of alkyl halides is 7. The summed E-state index contributed by atoms with van der Waals surface area (Å²) in [7, 11) is 0. The Kier molecular flexibility index (Phi) is 7.36. The molecule has 0 amide bonds. The monoisotopic (exact) mass is 452 g/mol. The Labute approximate surface area is 173 Å². The predicted octanol–water partition coefficient (Wildman–Crippen LogP) is 5.32. The molecule has 2 rings (SSSR count). The van der Waals surface area contributed by atoms with E-state index in [-0.39, 0.29) is 6.42 Å². The molecule has 0 spiro atoms. The van der Waals surface area contributed by atoms with Crippen LogP contribution >= 0.6 is 0 Å². The Morgan fingerprint density at radius 1 is 0.806 bits per heavy atom. The third-order valence-electron chi connectivity index (χ3n) is 4.59. The number of rotatable bonds is 9. The summed E-state index contributed by atoms with van der Waals surface area (Å²) in [5.41, 5.74) is -2.45. The van der Waals surface area contributed by atoms with Gasteiger partial charge in [0.15, 0.2) is 5.60 Å². The lowest BCUT2D eigenvalue weighted by atomic mass is 9.86. The minimum atomic E-state index is -6.58. The Morgan fingerprint density at radius 3 is 1.77 bits per heavy atom. The van der Waals surface area contributed by atoms with Gasteiger partial charge in [0, 0.05) is 0 Å². The molecule has 0 heterocycles. The maximum atomic E-state index is 14.0. The highest BCUT2D eigenvalue weighted by Crippen LogP contribution is 2.50. The molecule has 1 unspecified atom stereocenters. The summed E-state index contributed by atoms with van der Waals surface area (Å²) in [6, 6.07) is 15.6. The van der Waals surface area contributed by atoms with Crippen LogP contribution in [-0.2, 0) is 22.6 Å². The van der Waals surface area contributed by atoms with Crippen molar-refractivity contribution < 1.29 is 45.4 Å². The highest BCUT2D eigenvalue weighted by molar-refractivity contribution is 5.79. The fourth-order valence-corrected chi connectivity index (χ4v) is 2.80. The minimum absolute atomic E-state index is 0.245. The molecule has 1 N–H and O–H groups in total. The summed E-state index contributed by atoms with van der Waals surface area (Å²) < 4.78 is 97.0. The fourth-order valence-electron chi connectivity index (χ4n) is 2.80. The van der Waals surface area contributed by atoms with Crippen LogP contribution in [0.2, 0.25) is 0 Å². The zero-order valence-electron chi connectivity index (χ0n) is 16.0. The van der Waals surface area contributed by atoms with Gasteiger partial charge in [-0.15, -0.1) is 0 Å². The van der Waals surface area contributed by atoms with E-state index < -0.39 is 49.0 Å². The number of carbonyl (C=O) groups is 1. The van der Waals surface area contributed by atoms with Gasteiger partial charge in [0.2, 0.25) is 0 Å². The zero-order chi connectivity index (χ0) is 23.3. The molecular weight excluding hydrogens is 433 g/mol. The first kappa shape index (κ1) is 24.6. The van der Waals surface area contributed by atoms with Crippen LogP contribution in [0.25, 0.3) is 0 Å². The van der Waals surface area contributed by atoms with E-state index in [1.807, 2.05) is 0 Å². The second kappa shape index (κ2) is 9.25. The molecule has 0 radical (unpaired) electrons. The molecule has 0 aromatic heterocycles. The highest BCUT2D eigenvalue weighted by Gasteiger charge is 2.74. The van der Waals surface area contributed by atoms with Crippen LogP contribution in [0.3, 0.4) is 0 Å².